The highest BCUT2D eigenvalue weighted by molar-refractivity contribution is 7.99. The van der Waals surface area contributed by atoms with Crippen LogP contribution in [0.25, 0.3) is 17.1 Å². The number of anilines is 1. The van der Waals surface area contributed by atoms with Crippen LogP contribution in [0.1, 0.15) is 11.1 Å². The highest BCUT2D eigenvalue weighted by Crippen LogP contribution is 2.29. The molecule has 4 rings (SSSR count). The number of carbonyl (C=O) groups excluding carboxylic acids is 1. The molecule has 150 valence electrons. The van der Waals surface area contributed by atoms with Gasteiger partial charge in [0.1, 0.15) is 0 Å². The Labute approximate surface area is 179 Å². The van der Waals surface area contributed by atoms with Crippen LogP contribution in [-0.4, -0.2) is 31.4 Å². The van der Waals surface area contributed by atoms with Crippen molar-refractivity contribution in [3.8, 4) is 17.1 Å². The van der Waals surface area contributed by atoms with Gasteiger partial charge >= 0.3 is 0 Å². The molecule has 0 fully saturated rings. The maximum absolute atomic E-state index is 12.5. The first-order valence-corrected chi connectivity index (χ1v) is 10.5. The molecule has 1 amide bonds. The van der Waals surface area contributed by atoms with Gasteiger partial charge in [0, 0.05) is 23.6 Å². The Morgan fingerprint density at radius 2 is 1.63 bits per heavy atom. The van der Waals surface area contributed by atoms with Crippen molar-refractivity contribution in [2.75, 3.05) is 11.1 Å². The summed E-state index contributed by atoms with van der Waals surface area (Å²) < 4.78 is 2.00. The minimum absolute atomic E-state index is 0.0842. The van der Waals surface area contributed by atoms with Crippen LogP contribution in [0.2, 0.25) is 0 Å². The van der Waals surface area contributed by atoms with E-state index < -0.39 is 0 Å². The summed E-state index contributed by atoms with van der Waals surface area (Å²) in [5, 5.41) is 12.4. The van der Waals surface area contributed by atoms with Gasteiger partial charge in [-0.3, -0.25) is 14.3 Å². The van der Waals surface area contributed by atoms with Gasteiger partial charge in [-0.25, -0.2) is 0 Å². The summed E-state index contributed by atoms with van der Waals surface area (Å²) in [5.74, 6) is 0.863. The lowest BCUT2D eigenvalue weighted by molar-refractivity contribution is -0.113. The molecule has 0 atom stereocenters. The topological polar surface area (TPSA) is 72.7 Å². The van der Waals surface area contributed by atoms with Crippen LogP contribution in [0.4, 0.5) is 5.69 Å². The van der Waals surface area contributed by atoms with E-state index in [1.807, 2.05) is 79.1 Å². The van der Waals surface area contributed by atoms with E-state index in [0.29, 0.717) is 11.0 Å². The summed E-state index contributed by atoms with van der Waals surface area (Å²) in [5.41, 5.74) is 4.84. The van der Waals surface area contributed by atoms with Gasteiger partial charge < -0.3 is 5.32 Å². The monoisotopic (exact) mass is 415 g/mol. The van der Waals surface area contributed by atoms with E-state index in [2.05, 4.69) is 20.5 Å². The van der Waals surface area contributed by atoms with Gasteiger partial charge in [-0.1, -0.05) is 48.2 Å². The maximum atomic E-state index is 12.5. The van der Waals surface area contributed by atoms with Crippen molar-refractivity contribution in [1.82, 2.24) is 19.7 Å². The number of aromatic nitrogens is 4. The van der Waals surface area contributed by atoms with Crippen molar-refractivity contribution in [1.29, 1.82) is 0 Å². The summed E-state index contributed by atoms with van der Waals surface area (Å²) in [6, 6.07) is 19.6. The molecule has 0 bridgehead atoms. The quantitative estimate of drug-likeness (QED) is 0.463. The number of pyridine rings is 1. The van der Waals surface area contributed by atoms with E-state index >= 15 is 0 Å². The zero-order chi connectivity index (χ0) is 20.9. The number of aryl methyl sites for hydroxylation is 2. The number of nitrogens with one attached hydrogen (secondary N) is 1. The van der Waals surface area contributed by atoms with Crippen LogP contribution in [-0.2, 0) is 4.79 Å². The molecule has 0 aliphatic heterocycles. The predicted molar refractivity (Wildman–Crippen MR) is 120 cm³/mol. The average Bonchev–Trinajstić information content (AvgIpc) is 3.18. The minimum atomic E-state index is -0.0842. The Morgan fingerprint density at radius 1 is 0.933 bits per heavy atom. The standard InChI is InChI=1S/C23H21N5OS/c1-16-7-3-5-9-19(16)25-21(29)15-30-23-27-26-22(18-11-13-24-14-12-18)28(23)20-10-6-4-8-17(20)2/h3-14H,15H2,1-2H3,(H,25,29). The number of benzene rings is 2. The fourth-order valence-electron chi connectivity index (χ4n) is 3.11. The van der Waals surface area contributed by atoms with E-state index in [4.69, 9.17) is 0 Å². The smallest absolute Gasteiger partial charge is 0.234 e. The molecule has 0 saturated carbocycles. The number of nitrogens with zero attached hydrogens (tertiary/aromatic N) is 4. The van der Waals surface area contributed by atoms with Crippen molar-refractivity contribution >= 4 is 23.4 Å². The van der Waals surface area contributed by atoms with Crippen LogP contribution in [0.5, 0.6) is 0 Å². The van der Waals surface area contributed by atoms with Crippen molar-refractivity contribution in [3.05, 3.63) is 84.2 Å². The number of hydrogen-bond donors (Lipinski definition) is 1. The van der Waals surface area contributed by atoms with Crippen molar-refractivity contribution in [2.24, 2.45) is 0 Å². The minimum Gasteiger partial charge on any atom is -0.325 e. The number of rotatable bonds is 6. The van der Waals surface area contributed by atoms with Crippen LogP contribution < -0.4 is 5.32 Å². The van der Waals surface area contributed by atoms with E-state index in [1.165, 1.54) is 11.8 Å². The van der Waals surface area contributed by atoms with E-state index in [9.17, 15) is 4.79 Å². The summed E-state index contributed by atoms with van der Waals surface area (Å²) in [6.45, 7) is 4.02. The lowest BCUT2D eigenvalue weighted by atomic mass is 10.2. The molecule has 4 aromatic rings. The molecule has 0 saturated heterocycles. The first-order valence-electron chi connectivity index (χ1n) is 9.53. The van der Waals surface area contributed by atoms with Crippen molar-refractivity contribution < 1.29 is 4.79 Å². The number of thioether (sulfide) groups is 1. The largest absolute Gasteiger partial charge is 0.325 e. The van der Waals surface area contributed by atoms with E-state index in [0.717, 1.165) is 28.1 Å². The lowest BCUT2D eigenvalue weighted by Gasteiger charge is -2.13. The zero-order valence-electron chi connectivity index (χ0n) is 16.7. The number of hydrogen-bond acceptors (Lipinski definition) is 5. The third kappa shape index (κ3) is 4.26. The summed E-state index contributed by atoms with van der Waals surface area (Å²) >= 11 is 1.36. The molecule has 6 nitrogen and oxygen atoms in total. The second-order valence-electron chi connectivity index (χ2n) is 6.82. The first kappa shape index (κ1) is 19.8. The Bertz CT molecular complexity index is 1170. The molecule has 1 N–H and O–H groups in total. The van der Waals surface area contributed by atoms with Gasteiger partial charge in [0.05, 0.1) is 11.4 Å². The maximum Gasteiger partial charge on any atom is 0.234 e. The lowest BCUT2D eigenvalue weighted by Crippen LogP contribution is -2.15. The Hall–Kier alpha value is -3.45. The summed E-state index contributed by atoms with van der Waals surface area (Å²) in [7, 11) is 0. The van der Waals surface area contributed by atoms with Crippen LogP contribution in [0, 0.1) is 13.8 Å². The number of carbonyl (C=O) groups is 1. The van der Waals surface area contributed by atoms with Crippen molar-refractivity contribution in [2.45, 2.75) is 19.0 Å². The van der Waals surface area contributed by atoms with E-state index in [-0.39, 0.29) is 11.7 Å². The van der Waals surface area contributed by atoms with Crippen LogP contribution in [0.3, 0.4) is 0 Å². The van der Waals surface area contributed by atoms with Gasteiger partial charge in [-0.05, 0) is 49.2 Å². The molecule has 0 radical (unpaired) electrons. The van der Waals surface area contributed by atoms with Crippen molar-refractivity contribution in [3.63, 3.8) is 0 Å². The fraction of sp³-hybridized carbons (Fsp3) is 0.130. The molecule has 2 aromatic carbocycles. The van der Waals surface area contributed by atoms with Crippen LogP contribution >= 0.6 is 11.8 Å². The van der Waals surface area contributed by atoms with Gasteiger partial charge in [0.2, 0.25) is 5.91 Å². The molecule has 7 heteroatoms. The highest BCUT2D eigenvalue weighted by atomic mass is 32.2. The average molecular weight is 416 g/mol. The first-order chi connectivity index (χ1) is 14.6. The molecule has 0 unspecified atom stereocenters. The van der Waals surface area contributed by atoms with E-state index in [1.54, 1.807) is 12.4 Å². The molecule has 0 aliphatic carbocycles. The Kier molecular flexibility index (Phi) is 5.90. The van der Waals surface area contributed by atoms with Gasteiger partial charge in [-0.2, -0.15) is 0 Å². The fourth-order valence-corrected chi connectivity index (χ4v) is 3.86. The second-order valence-corrected chi connectivity index (χ2v) is 7.76. The normalized spacial score (nSPS) is 10.7. The molecular weight excluding hydrogens is 394 g/mol. The van der Waals surface area contributed by atoms with Gasteiger partial charge in [0.15, 0.2) is 11.0 Å². The summed E-state index contributed by atoms with van der Waals surface area (Å²) in [4.78, 5) is 16.6. The predicted octanol–water partition coefficient (Wildman–Crippen LogP) is 4.68. The third-order valence-corrected chi connectivity index (χ3v) is 5.61. The van der Waals surface area contributed by atoms with Crippen LogP contribution in [0.15, 0.2) is 78.2 Å². The molecular formula is C23H21N5OS. The third-order valence-electron chi connectivity index (χ3n) is 4.68. The highest BCUT2D eigenvalue weighted by Gasteiger charge is 2.18. The SMILES string of the molecule is Cc1ccccc1NC(=O)CSc1nnc(-c2ccncc2)n1-c1ccccc1C. The number of amides is 1. The Morgan fingerprint density at radius 3 is 2.37 bits per heavy atom. The zero-order valence-corrected chi connectivity index (χ0v) is 17.6. The Balaban J connectivity index is 1.62. The van der Waals surface area contributed by atoms with Gasteiger partial charge in [0.25, 0.3) is 0 Å². The molecule has 0 aliphatic rings. The molecule has 2 aromatic heterocycles. The molecule has 0 spiro atoms. The number of para-hydroxylation sites is 2. The molecule has 30 heavy (non-hydrogen) atoms. The van der Waals surface area contributed by atoms with Gasteiger partial charge in [-0.15, -0.1) is 10.2 Å². The summed E-state index contributed by atoms with van der Waals surface area (Å²) in [6.07, 6.45) is 3.46. The second kappa shape index (κ2) is 8.92. The molecule has 2 heterocycles.